The molecule has 0 atom stereocenters. The third-order valence-electron chi connectivity index (χ3n) is 3.02. The van der Waals surface area contributed by atoms with Crippen LogP contribution in [0.3, 0.4) is 0 Å². The first-order valence-electron chi connectivity index (χ1n) is 6.02. The molecule has 1 fully saturated rings. The van der Waals surface area contributed by atoms with Crippen LogP contribution >= 0.6 is 0 Å². The van der Waals surface area contributed by atoms with Crippen molar-refractivity contribution < 1.29 is 19.1 Å². The molecule has 1 saturated carbocycles. The molecule has 19 heavy (non-hydrogen) atoms. The number of anilines is 1. The maximum absolute atomic E-state index is 13.2. The second-order valence-corrected chi connectivity index (χ2v) is 4.75. The highest BCUT2D eigenvalue weighted by molar-refractivity contribution is 5.93. The van der Waals surface area contributed by atoms with Crippen LogP contribution in [0.1, 0.15) is 23.2 Å². The van der Waals surface area contributed by atoms with Gasteiger partial charge in [-0.3, -0.25) is 0 Å². The van der Waals surface area contributed by atoms with Crippen LogP contribution in [0.25, 0.3) is 0 Å². The van der Waals surface area contributed by atoms with Crippen LogP contribution in [0.4, 0.5) is 14.9 Å². The third kappa shape index (κ3) is 3.43. The Hall–Kier alpha value is -2.11. The van der Waals surface area contributed by atoms with Crippen LogP contribution in [-0.4, -0.2) is 35.6 Å². The molecule has 1 aromatic carbocycles. The van der Waals surface area contributed by atoms with Crippen molar-refractivity contribution in [2.45, 2.75) is 12.8 Å². The number of carboxylic acids is 1. The van der Waals surface area contributed by atoms with E-state index in [9.17, 15) is 14.0 Å². The fourth-order valence-corrected chi connectivity index (χ4v) is 1.76. The minimum atomic E-state index is -1.36. The lowest BCUT2D eigenvalue weighted by molar-refractivity contribution is 0.0692. The Kier molecular flexibility index (Phi) is 3.69. The summed E-state index contributed by atoms with van der Waals surface area (Å²) in [6, 6.07) is 3.15. The van der Waals surface area contributed by atoms with Gasteiger partial charge in [0.15, 0.2) is 0 Å². The number of rotatable bonds is 4. The molecule has 102 valence electrons. The van der Waals surface area contributed by atoms with Gasteiger partial charge in [0, 0.05) is 19.3 Å². The zero-order valence-corrected chi connectivity index (χ0v) is 10.5. The smallest absolute Gasteiger partial charge is 0.338 e. The second-order valence-electron chi connectivity index (χ2n) is 4.75. The Balaban J connectivity index is 2.03. The maximum atomic E-state index is 13.2. The van der Waals surface area contributed by atoms with E-state index in [-0.39, 0.29) is 11.7 Å². The normalized spacial score (nSPS) is 14.0. The topological polar surface area (TPSA) is 69.6 Å². The first-order chi connectivity index (χ1) is 8.97. The minimum absolute atomic E-state index is 0.270. The van der Waals surface area contributed by atoms with Crippen LogP contribution < -0.4 is 5.32 Å². The molecular formula is C13H15FN2O3. The van der Waals surface area contributed by atoms with Gasteiger partial charge in [0.05, 0.1) is 5.56 Å². The van der Waals surface area contributed by atoms with E-state index >= 15 is 0 Å². The summed E-state index contributed by atoms with van der Waals surface area (Å²) in [5.41, 5.74) is -0.186. The minimum Gasteiger partial charge on any atom is -0.478 e. The third-order valence-corrected chi connectivity index (χ3v) is 3.02. The number of halogens is 1. The number of hydrogen-bond donors (Lipinski definition) is 2. The molecule has 0 bridgehead atoms. The number of hydrogen-bond acceptors (Lipinski definition) is 2. The quantitative estimate of drug-likeness (QED) is 0.879. The fraction of sp³-hybridized carbons (Fsp3) is 0.385. The Bertz CT molecular complexity index is 515. The van der Waals surface area contributed by atoms with Gasteiger partial charge in [0.1, 0.15) is 5.82 Å². The van der Waals surface area contributed by atoms with Crippen molar-refractivity contribution >= 4 is 17.7 Å². The highest BCUT2D eigenvalue weighted by Gasteiger charge is 2.24. The van der Waals surface area contributed by atoms with E-state index in [0.717, 1.165) is 25.0 Å². The van der Waals surface area contributed by atoms with Crippen molar-refractivity contribution in [1.29, 1.82) is 0 Å². The second kappa shape index (κ2) is 5.26. The lowest BCUT2D eigenvalue weighted by Crippen LogP contribution is -2.33. The van der Waals surface area contributed by atoms with Crippen LogP contribution in [0.2, 0.25) is 0 Å². The van der Waals surface area contributed by atoms with E-state index in [4.69, 9.17) is 5.11 Å². The molecule has 2 N–H and O–H groups in total. The number of amides is 2. The summed E-state index contributed by atoms with van der Waals surface area (Å²) in [6.45, 7) is 0.679. The molecule has 0 unspecified atom stereocenters. The lowest BCUT2D eigenvalue weighted by Gasteiger charge is -2.17. The van der Waals surface area contributed by atoms with Crippen molar-refractivity contribution in [2.75, 3.05) is 18.9 Å². The number of benzene rings is 1. The van der Waals surface area contributed by atoms with Gasteiger partial charge in [-0.15, -0.1) is 0 Å². The van der Waals surface area contributed by atoms with E-state index < -0.39 is 17.3 Å². The number of nitrogens with one attached hydrogen (secondary N) is 1. The number of carboxylic acid groups (broad SMARTS) is 1. The Labute approximate surface area is 110 Å². The van der Waals surface area contributed by atoms with Crippen molar-refractivity contribution in [3.05, 3.63) is 29.6 Å². The van der Waals surface area contributed by atoms with E-state index in [1.165, 1.54) is 6.07 Å². The molecule has 6 heteroatoms. The summed E-state index contributed by atoms with van der Waals surface area (Å²) in [5, 5.41) is 11.4. The standard InChI is InChI=1S/C13H15FN2O3/c1-16(7-8-2-3-8)13(19)15-9-4-5-11(14)10(6-9)12(17)18/h4-6,8H,2-3,7H2,1H3,(H,15,19)(H,17,18). The van der Waals surface area contributed by atoms with Gasteiger partial charge in [-0.1, -0.05) is 0 Å². The predicted octanol–water partition coefficient (Wildman–Crippen LogP) is 2.40. The molecule has 0 radical (unpaired) electrons. The molecule has 2 rings (SSSR count). The van der Waals surface area contributed by atoms with E-state index in [0.29, 0.717) is 12.5 Å². The van der Waals surface area contributed by atoms with Crippen molar-refractivity contribution in [1.82, 2.24) is 4.90 Å². The Morgan fingerprint density at radius 2 is 2.16 bits per heavy atom. The molecule has 0 heterocycles. The van der Waals surface area contributed by atoms with E-state index in [1.807, 2.05) is 0 Å². The number of aromatic carboxylic acids is 1. The maximum Gasteiger partial charge on any atom is 0.338 e. The summed E-state index contributed by atoms with van der Waals surface area (Å²) in [5.74, 6) is -1.62. The van der Waals surface area contributed by atoms with E-state index in [2.05, 4.69) is 5.32 Å². The average Bonchev–Trinajstić information content (AvgIpc) is 3.15. The van der Waals surface area contributed by atoms with Gasteiger partial charge < -0.3 is 15.3 Å². The molecule has 2 amide bonds. The molecule has 0 saturated heterocycles. The zero-order valence-electron chi connectivity index (χ0n) is 10.5. The van der Waals surface area contributed by atoms with Gasteiger partial charge >= 0.3 is 12.0 Å². The van der Waals surface area contributed by atoms with Gasteiger partial charge in [-0.2, -0.15) is 0 Å². The van der Waals surface area contributed by atoms with E-state index in [1.54, 1.807) is 11.9 Å². The molecule has 0 spiro atoms. The zero-order chi connectivity index (χ0) is 14.0. The van der Waals surface area contributed by atoms with Gasteiger partial charge in [-0.05, 0) is 37.0 Å². The van der Waals surface area contributed by atoms with Crippen LogP contribution in [0.15, 0.2) is 18.2 Å². The summed E-state index contributed by atoms with van der Waals surface area (Å²) < 4.78 is 13.2. The van der Waals surface area contributed by atoms with Gasteiger partial charge in [-0.25, -0.2) is 14.0 Å². The first-order valence-corrected chi connectivity index (χ1v) is 6.02. The summed E-state index contributed by atoms with van der Waals surface area (Å²) in [4.78, 5) is 24.1. The molecule has 1 aromatic rings. The molecular weight excluding hydrogens is 251 g/mol. The number of nitrogens with zero attached hydrogens (tertiary/aromatic N) is 1. The van der Waals surface area contributed by atoms with Crippen LogP contribution in [0, 0.1) is 11.7 Å². The van der Waals surface area contributed by atoms with Crippen molar-refractivity contribution in [3.8, 4) is 0 Å². The summed E-state index contributed by atoms with van der Waals surface area (Å²) in [6.07, 6.45) is 2.27. The molecule has 1 aliphatic carbocycles. The van der Waals surface area contributed by atoms with Gasteiger partial charge in [0.25, 0.3) is 0 Å². The van der Waals surface area contributed by atoms with Crippen molar-refractivity contribution in [3.63, 3.8) is 0 Å². The summed E-state index contributed by atoms with van der Waals surface area (Å²) in [7, 11) is 1.68. The van der Waals surface area contributed by atoms with Crippen LogP contribution in [0.5, 0.6) is 0 Å². The Morgan fingerprint density at radius 1 is 1.47 bits per heavy atom. The lowest BCUT2D eigenvalue weighted by atomic mass is 10.2. The SMILES string of the molecule is CN(CC1CC1)C(=O)Nc1ccc(F)c(C(=O)O)c1. The Morgan fingerprint density at radius 3 is 2.74 bits per heavy atom. The van der Waals surface area contributed by atoms with Gasteiger partial charge in [0.2, 0.25) is 0 Å². The monoisotopic (exact) mass is 266 g/mol. The molecule has 0 aliphatic heterocycles. The largest absolute Gasteiger partial charge is 0.478 e. The number of carbonyl (C=O) groups excluding carboxylic acids is 1. The fourth-order valence-electron chi connectivity index (χ4n) is 1.76. The highest BCUT2D eigenvalue weighted by atomic mass is 19.1. The number of carbonyl (C=O) groups is 2. The first kappa shape index (κ1) is 13.3. The number of urea groups is 1. The van der Waals surface area contributed by atoms with Crippen LogP contribution in [-0.2, 0) is 0 Å². The molecule has 5 nitrogen and oxygen atoms in total. The molecule has 1 aliphatic rings. The summed E-state index contributed by atoms with van der Waals surface area (Å²) >= 11 is 0. The highest BCUT2D eigenvalue weighted by Crippen LogP contribution is 2.29. The predicted molar refractivity (Wildman–Crippen MR) is 67.7 cm³/mol. The molecule has 0 aromatic heterocycles. The average molecular weight is 266 g/mol. The van der Waals surface area contributed by atoms with Crippen molar-refractivity contribution in [2.24, 2.45) is 5.92 Å².